The average Bonchev–Trinajstić information content (AvgIpc) is 3.31. The molecule has 4 rings (SSSR count). The van der Waals surface area contributed by atoms with Crippen LogP contribution < -0.4 is 9.47 Å². The summed E-state index contributed by atoms with van der Waals surface area (Å²) in [4.78, 5) is 52.0. The summed E-state index contributed by atoms with van der Waals surface area (Å²) in [5.74, 6) is -2.37. The molecule has 0 bridgehead atoms. The molecule has 6 atom stereocenters. The Labute approximate surface area is 257 Å². The van der Waals surface area contributed by atoms with Crippen LogP contribution in [0.5, 0.6) is 11.5 Å². The highest BCUT2D eigenvalue weighted by atomic mass is 16.6. The van der Waals surface area contributed by atoms with Crippen molar-refractivity contribution in [2.45, 2.75) is 102 Å². The van der Waals surface area contributed by atoms with Crippen LogP contribution in [0.2, 0.25) is 0 Å². The first kappa shape index (κ1) is 33.3. The molecule has 1 aliphatic heterocycles. The summed E-state index contributed by atoms with van der Waals surface area (Å²) in [6, 6.07) is 3.57. The van der Waals surface area contributed by atoms with E-state index in [1.165, 1.54) is 14.0 Å². The third-order valence-corrected chi connectivity index (χ3v) is 9.00. The normalized spacial score (nSPS) is 26.0. The molecule has 12 heteroatoms. The maximum absolute atomic E-state index is 13.2. The third kappa shape index (κ3) is 5.89. The highest BCUT2D eigenvalue weighted by Gasteiger charge is 2.68. The van der Waals surface area contributed by atoms with Crippen molar-refractivity contribution in [3.63, 3.8) is 0 Å². The number of aliphatic hydroxyl groups is 1. The molecule has 242 valence electrons. The van der Waals surface area contributed by atoms with E-state index in [9.17, 15) is 24.3 Å². The maximum Gasteiger partial charge on any atom is 0.352 e. The molecule has 0 unspecified atom stereocenters. The van der Waals surface area contributed by atoms with E-state index in [1.54, 1.807) is 6.08 Å². The standard InChI is InChI=1S/C32H43NO11/c1-8-10-15-40-25(35)17-23(42-19(4)34)30(37)41-18(3)29(36)43-22-13-14-32(38)24(33(6)9-2)16-20-11-12-21(39-7)27-26(20)31(32,5)28(22)44-27/h11-13,18,23-24,28,38H,8-10,14-17H2,1-7H3/t18-,23-,24+,28-,31-,32+/m0/s1. The maximum atomic E-state index is 13.2. The molecule has 0 saturated heterocycles. The monoisotopic (exact) mass is 617 g/mol. The van der Waals surface area contributed by atoms with Gasteiger partial charge in [0.1, 0.15) is 5.76 Å². The van der Waals surface area contributed by atoms with Gasteiger partial charge in [-0.25, -0.2) is 9.59 Å². The van der Waals surface area contributed by atoms with E-state index >= 15 is 0 Å². The van der Waals surface area contributed by atoms with Gasteiger partial charge in [0.25, 0.3) is 0 Å². The number of methoxy groups -OCH3 is 1. The molecule has 12 nitrogen and oxygen atoms in total. The second kappa shape index (κ2) is 13.2. The van der Waals surface area contributed by atoms with E-state index in [-0.39, 0.29) is 24.8 Å². The first-order valence-corrected chi connectivity index (χ1v) is 15.1. The molecule has 2 aliphatic carbocycles. The largest absolute Gasteiger partial charge is 0.493 e. The Morgan fingerprint density at radius 1 is 1.16 bits per heavy atom. The second-order valence-corrected chi connectivity index (χ2v) is 11.7. The van der Waals surface area contributed by atoms with Gasteiger partial charge in [-0.2, -0.15) is 0 Å². The lowest BCUT2D eigenvalue weighted by Crippen LogP contribution is -2.69. The Bertz CT molecular complexity index is 1330. The van der Waals surface area contributed by atoms with Crippen molar-refractivity contribution in [1.29, 1.82) is 0 Å². The number of carbonyl (C=O) groups excluding carboxylic acids is 4. The quantitative estimate of drug-likeness (QED) is 0.197. The molecule has 1 heterocycles. The van der Waals surface area contributed by atoms with Gasteiger partial charge in [-0.15, -0.1) is 0 Å². The molecule has 3 aliphatic rings. The molecule has 0 saturated carbocycles. The van der Waals surface area contributed by atoms with Gasteiger partial charge in [-0.3, -0.25) is 9.59 Å². The minimum Gasteiger partial charge on any atom is -0.493 e. The fourth-order valence-corrected chi connectivity index (χ4v) is 6.46. The highest BCUT2D eigenvalue weighted by Crippen LogP contribution is 2.62. The molecule has 1 N–H and O–H groups in total. The number of rotatable bonds is 13. The van der Waals surface area contributed by atoms with Crippen LogP contribution >= 0.6 is 0 Å². The Kier molecular flexibility index (Phi) is 9.94. The SMILES string of the molecule is CCCCOC(=O)C[C@H](OC(C)=O)C(=O)O[C@@H](C)C(=O)OC1=CC[C@@]2(O)[C@H](N(C)CC)Cc3ccc(OC)c4c3[C@@]2(C)[C@H]1O4. The van der Waals surface area contributed by atoms with E-state index in [2.05, 4.69) is 4.90 Å². The average molecular weight is 618 g/mol. The van der Waals surface area contributed by atoms with E-state index < -0.39 is 59.6 Å². The van der Waals surface area contributed by atoms with Crippen molar-refractivity contribution in [2.75, 3.05) is 27.3 Å². The number of hydrogen-bond donors (Lipinski definition) is 1. The van der Waals surface area contributed by atoms with E-state index in [4.69, 9.17) is 28.4 Å². The lowest BCUT2D eigenvalue weighted by atomic mass is 9.54. The van der Waals surface area contributed by atoms with Gasteiger partial charge in [0.15, 0.2) is 23.7 Å². The molecule has 1 aromatic rings. The molecular formula is C32H43NO11. The van der Waals surface area contributed by atoms with E-state index in [0.29, 0.717) is 30.9 Å². The smallest absolute Gasteiger partial charge is 0.352 e. The number of benzene rings is 1. The van der Waals surface area contributed by atoms with Crippen LogP contribution in [0.1, 0.15) is 71.4 Å². The zero-order chi connectivity index (χ0) is 32.4. The molecule has 1 aromatic carbocycles. The Balaban J connectivity index is 1.54. The van der Waals surface area contributed by atoms with Crippen LogP contribution in [-0.4, -0.2) is 91.1 Å². The highest BCUT2D eigenvalue weighted by molar-refractivity contribution is 5.86. The summed E-state index contributed by atoms with van der Waals surface area (Å²) in [6.45, 7) is 9.15. The van der Waals surface area contributed by atoms with Crippen LogP contribution in [0.3, 0.4) is 0 Å². The predicted molar refractivity (Wildman–Crippen MR) is 156 cm³/mol. The number of nitrogens with zero attached hydrogens (tertiary/aromatic N) is 1. The zero-order valence-electron chi connectivity index (χ0n) is 26.5. The first-order chi connectivity index (χ1) is 20.8. The van der Waals surface area contributed by atoms with Crippen molar-refractivity contribution >= 4 is 23.9 Å². The number of likely N-dealkylation sites (N-methyl/N-ethyl adjacent to an activating group) is 1. The van der Waals surface area contributed by atoms with Gasteiger partial charge in [-0.1, -0.05) is 26.3 Å². The lowest BCUT2D eigenvalue weighted by molar-refractivity contribution is -0.179. The van der Waals surface area contributed by atoms with Gasteiger partial charge in [0.05, 0.1) is 31.2 Å². The minimum atomic E-state index is -1.59. The van der Waals surface area contributed by atoms with Crippen molar-refractivity contribution in [1.82, 2.24) is 4.90 Å². The Morgan fingerprint density at radius 3 is 2.52 bits per heavy atom. The number of ether oxygens (including phenoxy) is 6. The number of esters is 4. The molecule has 44 heavy (non-hydrogen) atoms. The zero-order valence-corrected chi connectivity index (χ0v) is 26.5. The van der Waals surface area contributed by atoms with Crippen molar-refractivity contribution < 1.29 is 52.7 Å². The summed E-state index contributed by atoms with van der Waals surface area (Å²) >= 11 is 0. The van der Waals surface area contributed by atoms with Gasteiger partial charge in [0.2, 0.25) is 6.10 Å². The summed E-state index contributed by atoms with van der Waals surface area (Å²) < 4.78 is 33.1. The Morgan fingerprint density at radius 2 is 1.89 bits per heavy atom. The lowest BCUT2D eigenvalue weighted by Gasteiger charge is -2.56. The first-order valence-electron chi connectivity index (χ1n) is 15.1. The second-order valence-electron chi connectivity index (χ2n) is 11.7. The van der Waals surface area contributed by atoms with Gasteiger partial charge >= 0.3 is 23.9 Å². The molecule has 0 fully saturated rings. The number of unbranched alkanes of at least 4 members (excludes halogenated alkanes) is 1. The van der Waals surface area contributed by atoms with Gasteiger partial charge in [0, 0.05) is 24.9 Å². The summed E-state index contributed by atoms with van der Waals surface area (Å²) in [6.07, 6.45) is -0.574. The predicted octanol–water partition coefficient (Wildman–Crippen LogP) is 2.75. The number of hydrogen-bond acceptors (Lipinski definition) is 12. The third-order valence-electron chi connectivity index (χ3n) is 9.00. The minimum absolute atomic E-state index is 0.166. The fraction of sp³-hybridized carbons (Fsp3) is 0.625. The summed E-state index contributed by atoms with van der Waals surface area (Å²) in [5, 5.41) is 12.4. The van der Waals surface area contributed by atoms with Crippen LogP contribution in [0.4, 0.5) is 0 Å². The van der Waals surface area contributed by atoms with Crippen LogP contribution in [-0.2, 0) is 50.0 Å². The number of carbonyl (C=O) groups is 4. The molecule has 0 radical (unpaired) electrons. The van der Waals surface area contributed by atoms with Crippen molar-refractivity contribution in [3.05, 3.63) is 35.1 Å². The van der Waals surface area contributed by atoms with Gasteiger partial charge < -0.3 is 38.4 Å². The summed E-state index contributed by atoms with van der Waals surface area (Å²) in [5.41, 5.74) is -0.424. The molecule has 0 amide bonds. The van der Waals surface area contributed by atoms with Crippen LogP contribution in [0.25, 0.3) is 0 Å². The molecule has 0 spiro atoms. The van der Waals surface area contributed by atoms with E-state index in [1.807, 2.05) is 40.0 Å². The topological polar surface area (TPSA) is 147 Å². The van der Waals surface area contributed by atoms with Crippen LogP contribution in [0, 0.1) is 0 Å². The van der Waals surface area contributed by atoms with E-state index in [0.717, 1.165) is 24.5 Å². The van der Waals surface area contributed by atoms with Crippen molar-refractivity contribution in [3.8, 4) is 11.5 Å². The van der Waals surface area contributed by atoms with Crippen molar-refractivity contribution in [2.24, 2.45) is 0 Å². The Hall–Kier alpha value is -3.64. The van der Waals surface area contributed by atoms with Crippen LogP contribution in [0.15, 0.2) is 24.0 Å². The molecular weight excluding hydrogens is 574 g/mol. The summed E-state index contributed by atoms with van der Waals surface area (Å²) in [7, 11) is 3.50. The molecule has 0 aromatic heterocycles. The van der Waals surface area contributed by atoms with Gasteiger partial charge in [-0.05, 0) is 58.0 Å². The fourth-order valence-electron chi connectivity index (χ4n) is 6.46.